The quantitative estimate of drug-likeness (QED) is 0.857. The van der Waals surface area contributed by atoms with E-state index in [4.69, 9.17) is 5.73 Å². The molecule has 0 unspecified atom stereocenters. The first-order chi connectivity index (χ1) is 8.10. The molecule has 0 aliphatic carbocycles. The molecule has 18 heavy (non-hydrogen) atoms. The third kappa shape index (κ3) is 2.37. The SMILES string of the molecule is Cc1cc(N)c(C)c(S(=O)(=O)N(C)C(C)C)c1C. The molecule has 2 N–H and O–H groups in total. The largest absolute Gasteiger partial charge is 0.398 e. The third-order valence-electron chi connectivity index (χ3n) is 3.44. The molecule has 0 bridgehead atoms. The smallest absolute Gasteiger partial charge is 0.243 e. The van der Waals surface area contributed by atoms with Gasteiger partial charge in [0.15, 0.2) is 0 Å². The fraction of sp³-hybridized carbons (Fsp3) is 0.538. The molecule has 0 atom stereocenters. The van der Waals surface area contributed by atoms with E-state index in [1.54, 1.807) is 14.0 Å². The Hall–Kier alpha value is -1.07. The summed E-state index contributed by atoms with van der Waals surface area (Å²) in [6.45, 7) is 9.15. The molecule has 0 aliphatic rings. The molecule has 1 aromatic rings. The molecule has 0 aliphatic heterocycles. The predicted octanol–water partition coefficient (Wildman–Crippen LogP) is 2.22. The molecule has 1 aromatic carbocycles. The summed E-state index contributed by atoms with van der Waals surface area (Å²) >= 11 is 0. The van der Waals surface area contributed by atoms with Gasteiger partial charge in [0.2, 0.25) is 10.0 Å². The molecule has 0 spiro atoms. The van der Waals surface area contributed by atoms with E-state index in [0.29, 0.717) is 16.1 Å². The van der Waals surface area contributed by atoms with Gasteiger partial charge >= 0.3 is 0 Å². The fourth-order valence-electron chi connectivity index (χ4n) is 1.85. The lowest BCUT2D eigenvalue weighted by atomic mass is 10.1. The van der Waals surface area contributed by atoms with Crippen LogP contribution in [0.25, 0.3) is 0 Å². The molecular weight excluding hydrogens is 248 g/mol. The van der Waals surface area contributed by atoms with Gasteiger partial charge in [0.1, 0.15) is 0 Å². The summed E-state index contributed by atoms with van der Waals surface area (Å²) in [7, 11) is -1.90. The number of hydrogen-bond donors (Lipinski definition) is 1. The van der Waals surface area contributed by atoms with Gasteiger partial charge in [-0.1, -0.05) is 0 Å². The van der Waals surface area contributed by atoms with Gasteiger partial charge in [0.05, 0.1) is 4.90 Å². The topological polar surface area (TPSA) is 63.4 Å². The molecule has 0 heterocycles. The summed E-state index contributed by atoms with van der Waals surface area (Å²) in [5, 5.41) is 0. The molecule has 5 heteroatoms. The van der Waals surface area contributed by atoms with Crippen LogP contribution in [0.4, 0.5) is 5.69 Å². The summed E-state index contributed by atoms with van der Waals surface area (Å²) in [6.07, 6.45) is 0. The number of nitrogens with two attached hydrogens (primary N) is 1. The Kier molecular flexibility index (Phi) is 4.08. The Morgan fingerprint density at radius 2 is 1.67 bits per heavy atom. The normalized spacial score (nSPS) is 12.4. The zero-order valence-corrected chi connectivity index (χ0v) is 12.7. The summed E-state index contributed by atoms with van der Waals surface area (Å²) in [6, 6.07) is 1.73. The van der Waals surface area contributed by atoms with Crippen LogP contribution in [0, 0.1) is 20.8 Å². The second-order valence-corrected chi connectivity index (χ2v) is 6.91. The average Bonchev–Trinajstić information content (AvgIpc) is 2.25. The van der Waals surface area contributed by atoms with Crippen molar-refractivity contribution in [3.8, 4) is 0 Å². The van der Waals surface area contributed by atoms with Crippen molar-refractivity contribution < 1.29 is 8.42 Å². The molecular formula is C13H22N2O2S. The molecule has 4 nitrogen and oxygen atoms in total. The van der Waals surface area contributed by atoms with Crippen LogP contribution in [0.2, 0.25) is 0 Å². The van der Waals surface area contributed by atoms with Gasteiger partial charge in [-0.25, -0.2) is 8.42 Å². The lowest BCUT2D eigenvalue weighted by molar-refractivity contribution is 0.410. The highest BCUT2D eigenvalue weighted by molar-refractivity contribution is 7.89. The minimum atomic E-state index is -3.49. The van der Waals surface area contributed by atoms with Gasteiger partial charge in [-0.05, 0) is 57.4 Å². The average molecular weight is 270 g/mol. The number of hydrogen-bond acceptors (Lipinski definition) is 3. The fourth-order valence-corrected chi connectivity index (χ4v) is 3.75. The van der Waals surface area contributed by atoms with Crippen molar-refractivity contribution in [1.29, 1.82) is 0 Å². The van der Waals surface area contributed by atoms with Crippen LogP contribution in [0.1, 0.15) is 30.5 Å². The number of nitrogen functional groups attached to an aromatic ring is 1. The number of benzene rings is 1. The van der Waals surface area contributed by atoms with Crippen LogP contribution < -0.4 is 5.73 Å². The lowest BCUT2D eigenvalue weighted by Gasteiger charge is -2.24. The summed E-state index contributed by atoms with van der Waals surface area (Å²) in [5.74, 6) is 0. The van der Waals surface area contributed by atoms with Crippen LogP contribution >= 0.6 is 0 Å². The van der Waals surface area contributed by atoms with E-state index >= 15 is 0 Å². The zero-order chi connectivity index (χ0) is 14.2. The van der Waals surface area contributed by atoms with Crippen LogP contribution in [-0.2, 0) is 10.0 Å². The number of aryl methyl sites for hydroxylation is 1. The maximum Gasteiger partial charge on any atom is 0.243 e. The third-order valence-corrected chi connectivity index (χ3v) is 5.75. The Morgan fingerprint density at radius 1 is 1.17 bits per heavy atom. The number of sulfonamides is 1. The number of anilines is 1. The molecule has 1 rings (SSSR count). The van der Waals surface area contributed by atoms with Crippen molar-refractivity contribution >= 4 is 15.7 Å². The predicted molar refractivity (Wildman–Crippen MR) is 75.2 cm³/mol. The summed E-state index contributed by atoms with van der Waals surface area (Å²) < 4.78 is 26.6. The molecule has 0 radical (unpaired) electrons. The Balaban J connectivity index is 3.61. The lowest BCUT2D eigenvalue weighted by Crippen LogP contribution is -2.34. The minimum absolute atomic E-state index is 0.0875. The van der Waals surface area contributed by atoms with Gasteiger partial charge in [-0.2, -0.15) is 4.31 Å². The van der Waals surface area contributed by atoms with Crippen molar-refractivity contribution in [2.45, 2.75) is 45.6 Å². The molecule has 102 valence electrons. The number of rotatable bonds is 3. The Labute approximate surface area is 110 Å². The second kappa shape index (κ2) is 4.90. The molecule has 0 saturated carbocycles. The first-order valence-electron chi connectivity index (χ1n) is 5.95. The van der Waals surface area contributed by atoms with Crippen molar-refractivity contribution in [2.75, 3.05) is 12.8 Å². The highest BCUT2D eigenvalue weighted by Gasteiger charge is 2.28. The van der Waals surface area contributed by atoms with Gasteiger partial charge < -0.3 is 5.73 Å². The summed E-state index contributed by atoms with van der Waals surface area (Å²) in [4.78, 5) is 0.344. The standard InChI is InChI=1S/C13H22N2O2S/c1-8(2)15(6)18(16,17)13-10(4)9(3)7-12(14)11(13)5/h7-8H,14H2,1-6H3. The first-order valence-corrected chi connectivity index (χ1v) is 7.39. The maximum absolute atomic E-state index is 12.6. The van der Waals surface area contributed by atoms with Gasteiger partial charge in [-0.15, -0.1) is 0 Å². The van der Waals surface area contributed by atoms with Gasteiger partial charge in [0, 0.05) is 18.8 Å². The van der Waals surface area contributed by atoms with Crippen LogP contribution in [-0.4, -0.2) is 25.8 Å². The molecule has 0 fully saturated rings. The zero-order valence-electron chi connectivity index (χ0n) is 11.9. The highest BCUT2D eigenvalue weighted by atomic mass is 32.2. The van der Waals surface area contributed by atoms with Crippen molar-refractivity contribution in [1.82, 2.24) is 4.31 Å². The van der Waals surface area contributed by atoms with E-state index in [9.17, 15) is 8.42 Å². The van der Waals surface area contributed by atoms with Crippen LogP contribution in [0.3, 0.4) is 0 Å². The first kappa shape index (κ1) is 15.0. The van der Waals surface area contributed by atoms with Crippen molar-refractivity contribution in [3.05, 3.63) is 22.8 Å². The van der Waals surface area contributed by atoms with E-state index in [2.05, 4.69) is 0 Å². The molecule has 0 amide bonds. The van der Waals surface area contributed by atoms with E-state index in [0.717, 1.165) is 11.1 Å². The number of nitrogens with zero attached hydrogens (tertiary/aromatic N) is 1. The van der Waals surface area contributed by atoms with Crippen molar-refractivity contribution in [2.24, 2.45) is 0 Å². The minimum Gasteiger partial charge on any atom is -0.398 e. The van der Waals surface area contributed by atoms with Gasteiger partial charge in [0.25, 0.3) is 0 Å². The Bertz CT molecular complexity index is 537. The maximum atomic E-state index is 12.6. The monoisotopic (exact) mass is 270 g/mol. The van der Waals surface area contributed by atoms with E-state index < -0.39 is 10.0 Å². The summed E-state index contributed by atoms with van der Waals surface area (Å²) in [5.41, 5.74) is 8.70. The van der Waals surface area contributed by atoms with E-state index in [1.807, 2.05) is 33.8 Å². The van der Waals surface area contributed by atoms with Crippen molar-refractivity contribution in [3.63, 3.8) is 0 Å². The molecule has 0 aromatic heterocycles. The second-order valence-electron chi connectivity index (χ2n) is 4.98. The van der Waals surface area contributed by atoms with Crippen LogP contribution in [0.5, 0.6) is 0 Å². The van der Waals surface area contributed by atoms with Gasteiger partial charge in [-0.3, -0.25) is 0 Å². The Morgan fingerprint density at radius 3 is 2.11 bits per heavy atom. The van der Waals surface area contributed by atoms with Crippen LogP contribution in [0.15, 0.2) is 11.0 Å². The highest BCUT2D eigenvalue weighted by Crippen LogP contribution is 2.30. The van der Waals surface area contributed by atoms with E-state index in [-0.39, 0.29) is 6.04 Å². The van der Waals surface area contributed by atoms with E-state index in [1.165, 1.54) is 4.31 Å². The molecule has 0 saturated heterocycles.